The predicted molar refractivity (Wildman–Crippen MR) is 104 cm³/mol. The first-order valence-corrected chi connectivity index (χ1v) is 8.82. The summed E-state index contributed by atoms with van der Waals surface area (Å²) in [5, 5.41) is 1.56. The van der Waals surface area contributed by atoms with E-state index in [0.717, 1.165) is 16.5 Å². The van der Waals surface area contributed by atoms with Gasteiger partial charge >= 0.3 is 0 Å². The van der Waals surface area contributed by atoms with Crippen molar-refractivity contribution in [2.75, 3.05) is 0 Å². The van der Waals surface area contributed by atoms with Gasteiger partial charge in [-0.15, -0.1) is 0 Å². The van der Waals surface area contributed by atoms with Gasteiger partial charge in [0, 0.05) is 22.1 Å². The molecule has 0 saturated carbocycles. The van der Waals surface area contributed by atoms with Crippen LogP contribution in [0.5, 0.6) is 5.75 Å². The van der Waals surface area contributed by atoms with Crippen LogP contribution in [0.2, 0.25) is 5.02 Å². The molecule has 2 amide bonds. The summed E-state index contributed by atoms with van der Waals surface area (Å²) in [4.78, 5) is 27.7. The van der Waals surface area contributed by atoms with Crippen LogP contribution in [0.1, 0.15) is 19.4 Å². The summed E-state index contributed by atoms with van der Waals surface area (Å²) < 4.78 is 5.69. The van der Waals surface area contributed by atoms with Gasteiger partial charge in [-0.25, -0.2) is 0 Å². The summed E-state index contributed by atoms with van der Waals surface area (Å²) in [5.41, 5.74) is 5.48. The molecule has 3 aromatic rings. The quantitative estimate of drug-likeness (QED) is 0.589. The SMILES string of the molecule is CC(C)(Oc1ccc(Cl)cc1)C(=O)NNC(=O)Cc1c[nH]c2ccccc12. The molecule has 7 heteroatoms. The van der Waals surface area contributed by atoms with Crippen molar-refractivity contribution < 1.29 is 14.3 Å². The molecular formula is C20H20ClN3O3. The van der Waals surface area contributed by atoms with Gasteiger partial charge in [0.2, 0.25) is 5.91 Å². The highest BCUT2D eigenvalue weighted by Gasteiger charge is 2.30. The van der Waals surface area contributed by atoms with E-state index in [0.29, 0.717) is 10.8 Å². The van der Waals surface area contributed by atoms with Crippen molar-refractivity contribution in [1.29, 1.82) is 0 Å². The molecule has 1 aromatic heterocycles. The van der Waals surface area contributed by atoms with Crippen LogP contribution in [-0.2, 0) is 16.0 Å². The number of halogens is 1. The second-order valence-corrected chi connectivity index (χ2v) is 7.04. The molecule has 0 unspecified atom stereocenters. The highest BCUT2D eigenvalue weighted by Crippen LogP contribution is 2.21. The Morgan fingerprint density at radius 1 is 1.07 bits per heavy atom. The number of rotatable bonds is 5. The maximum absolute atomic E-state index is 12.4. The molecule has 0 bridgehead atoms. The van der Waals surface area contributed by atoms with Gasteiger partial charge in [-0.05, 0) is 49.7 Å². The second kappa shape index (κ2) is 7.72. The summed E-state index contributed by atoms with van der Waals surface area (Å²) in [6.07, 6.45) is 1.93. The molecule has 0 fully saturated rings. The number of aromatic amines is 1. The molecule has 0 radical (unpaired) electrons. The highest BCUT2D eigenvalue weighted by atomic mass is 35.5. The van der Waals surface area contributed by atoms with Crippen LogP contribution in [0.4, 0.5) is 0 Å². The zero-order chi connectivity index (χ0) is 19.4. The van der Waals surface area contributed by atoms with Crippen molar-refractivity contribution in [2.24, 2.45) is 0 Å². The minimum atomic E-state index is -1.18. The van der Waals surface area contributed by atoms with Crippen molar-refractivity contribution in [3.63, 3.8) is 0 Å². The number of nitrogens with one attached hydrogen (secondary N) is 3. The van der Waals surface area contributed by atoms with Gasteiger partial charge in [0.25, 0.3) is 5.91 Å². The third kappa shape index (κ3) is 4.60. The van der Waals surface area contributed by atoms with Gasteiger partial charge in [-0.3, -0.25) is 20.4 Å². The first-order chi connectivity index (χ1) is 12.8. The molecular weight excluding hydrogens is 366 g/mol. The van der Waals surface area contributed by atoms with Crippen molar-refractivity contribution in [1.82, 2.24) is 15.8 Å². The Hall–Kier alpha value is -2.99. The molecule has 140 valence electrons. The second-order valence-electron chi connectivity index (χ2n) is 6.60. The van der Waals surface area contributed by atoms with Crippen LogP contribution in [0.3, 0.4) is 0 Å². The van der Waals surface area contributed by atoms with Crippen LogP contribution < -0.4 is 15.6 Å². The van der Waals surface area contributed by atoms with Crippen LogP contribution >= 0.6 is 11.6 Å². The normalized spacial score (nSPS) is 11.2. The average molecular weight is 386 g/mol. The van der Waals surface area contributed by atoms with Gasteiger partial charge in [0.15, 0.2) is 5.60 Å². The number of hydrogen-bond donors (Lipinski definition) is 3. The Morgan fingerprint density at radius 2 is 1.78 bits per heavy atom. The van der Waals surface area contributed by atoms with E-state index in [9.17, 15) is 9.59 Å². The van der Waals surface area contributed by atoms with Crippen molar-refractivity contribution in [3.8, 4) is 5.75 Å². The molecule has 3 N–H and O–H groups in total. The Kier molecular flexibility index (Phi) is 5.37. The zero-order valence-electron chi connectivity index (χ0n) is 15.0. The summed E-state index contributed by atoms with van der Waals surface area (Å²) >= 11 is 5.84. The third-order valence-electron chi connectivity index (χ3n) is 4.07. The third-order valence-corrected chi connectivity index (χ3v) is 4.33. The Bertz CT molecular complexity index is 964. The minimum Gasteiger partial charge on any atom is -0.478 e. The lowest BCUT2D eigenvalue weighted by Crippen LogP contribution is -2.53. The monoisotopic (exact) mass is 385 g/mol. The minimum absolute atomic E-state index is 0.142. The first-order valence-electron chi connectivity index (χ1n) is 8.44. The van der Waals surface area contributed by atoms with E-state index in [1.807, 2.05) is 24.3 Å². The average Bonchev–Trinajstić information content (AvgIpc) is 3.04. The Morgan fingerprint density at radius 3 is 2.52 bits per heavy atom. The number of hydrogen-bond acceptors (Lipinski definition) is 3. The summed E-state index contributed by atoms with van der Waals surface area (Å²) in [6, 6.07) is 14.4. The van der Waals surface area contributed by atoms with E-state index in [1.54, 1.807) is 44.3 Å². The maximum Gasteiger partial charge on any atom is 0.281 e. The molecule has 0 saturated heterocycles. The van der Waals surface area contributed by atoms with Crippen molar-refractivity contribution in [3.05, 3.63) is 65.3 Å². The van der Waals surface area contributed by atoms with Gasteiger partial charge in [-0.2, -0.15) is 0 Å². The van der Waals surface area contributed by atoms with Gasteiger partial charge in [0.1, 0.15) is 5.75 Å². The summed E-state index contributed by atoms with van der Waals surface area (Å²) in [6.45, 7) is 3.23. The molecule has 6 nitrogen and oxygen atoms in total. The number of fused-ring (bicyclic) bond motifs is 1. The largest absolute Gasteiger partial charge is 0.478 e. The molecule has 0 aliphatic rings. The van der Waals surface area contributed by atoms with Crippen LogP contribution in [-0.4, -0.2) is 22.4 Å². The number of para-hydroxylation sites is 1. The van der Waals surface area contributed by atoms with Crippen molar-refractivity contribution in [2.45, 2.75) is 25.9 Å². The van der Waals surface area contributed by atoms with Crippen LogP contribution in [0, 0.1) is 0 Å². The van der Waals surface area contributed by atoms with E-state index in [2.05, 4.69) is 15.8 Å². The molecule has 0 aliphatic heterocycles. The molecule has 27 heavy (non-hydrogen) atoms. The number of carbonyl (C=O) groups excluding carboxylic acids is 2. The molecule has 0 aliphatic carbocycles. The number of H-pyrrole nitrogens is 1. The van der Waals surface area contributed by atoms with Gasteiger partial charge in [-0.1, -0.05) is 29.8 Å². The van der Waals surface area contributed by atoms with E-state index in [-0.39, 0.29) is 12.3 Å². The van der Waals surface area contributed by atoms with Crippen LogP contribution in [0.15, 0.2) is 54.7 Å². The van der Waals surface area contributed by atoms with Gasteiger partial charge < -0.3 is 9.72 Å². The number of amides is 2. The van der Waals surface area contributed by atoms with E-state index in [1.165, 1.54) is 0 Å². The molecule has 1 heterocycles. The highest BCUT2D eigenvalue weighted by molar-refractivity contribution is 6.30. The molecule has 0 atom stereocenters. The standard InChI is InChI=1S/C20H20ClN3O3/c1-20(2,27-15-9-7-14(21)8-10-15)19(26)24-23-18(25)11-13-12-22-17-6-4-3-5-16(13)17/h3-10,12,22H,11H2,1-2H3,(H,23,25)(H,24,26). The molecule has 0 spiro atoms. The lowest BCUT2D eigenvalue weighted by molar-refractivity contribution is -0.138. The summed E-state index contributed by atoms with van der Waals surface area (Å²) in [7, 11) is 0. The lowest BCUT2D eigenvalue weighted by Gasteiger charge is -2.25. The van der Waals surface area contributed by atoms with E-state index < -0.39 is 11.5 Å². The fourth-order valence-corrected chi connectivity index (χ4v) is 2.74. The number of hydrazine groups is 1. The number of ether oxygens (including phenoxy) is 1. The zero-order valence-corrected chi connectivity index (χ0v) is 15.8. The lowest BCUT2D eigenvalue weighted by atomic mass is 10.1. The first kappa shape index (κ1) is 18.8. The van der Waals surface area contributed by atoms with E-state index >= 15 is 0 Å². The number of carbonyl (C=O) groups is 2. The van der Waals surface area contributed by atoms with E-state index in [4.69, 9.17) is 16.3 Å². The number of aromatic nitrogens is 1. The van der Waals surface area contributed by atoms with Gasteiger partial charge in [0.05, 0.1) is 6.42 Å². The fraction of sp³-hybridized carbons (Fsp3) is 0.200. The smallest absolute Gasteiger partial charge is 0.281 e. The molecule has 2 aromatic carbocycles. The fourth-order valence-electron chi connectivity index (χ4n) is 2.62. The number of benzene rings is 2. The predicted octanol–water partition coefficient (Wildman–Crippen LogP) is 3.37. The maximum atomic E-state index is 12.4. The Balaban J connectivity index is 1.55. The summed E-state index contributed by atoms with van der Waals surface area (Å²) in [5.74, 6) is -0.287. The van der Waals surface area contributed by atoms with Crippen molar-refractivity contribution >= 4 is 34.3 Å². The topological polar surface area (TPSA) is 83.2 Å². The van der Waals surface area contributed by atoms with Crippen LogP contribution in [0.25, 0.3) is 10.9 Å². The molecule has 3 rings (SSSR count). The Labute approximate surface area is 161 Å².